The van der Waals surface area contributed by atoms with E-state index in [4.69, 9.17) is 33.7 Å². The van der Waals surface area contributed by atoms with Crippen LogP contribution in [0.25, 0.3) is 34.0 Å². The van der Waals surface area contributed by atoms with Gasteiger partial charge in [0.25, 0.3) is 23.6 Å². The average Bonchev–Trinajstić information content (AvgIpc) is 0.877. The lowest BCUT2D eigenvalue weighted by Crippen LogP contribution is -2.62. The van der Waals surface area contributed by atoms with Crippen LogP contribution in [0.3, 0.4) is 0 Å². The van der Waals surface area contributed by atoms with Gasteiger partial charge in [-0.05, 0) is 139 Å². The topological polar surface area (TPSA) is 304 Å². The van der Waals surface area contributed by atoms with E-state index in [0.29, 0.717) is 83.0 Å². The number of nitrogens with zero attached hydrogens (tertiary/aromatic N) is 4. The molecule has 1 aliphatic carbocycles. The van der Waals surface area contributed by atoms with E-state index < -0.39 is 130 Å². The van der Waals surface area contributed by atoms with Crippen LogP contribution in [-0.4, -0.2) is 148 Å². The monoisotopic (exact) mass is 1270 g/mol. The van der Waals surface area contributed by atoms with E-state index in [1.54, 1.807) is 84.9 Å². The van der Waals surface area contributed by atoms with Gasteiger partial charge in [0.15, 0.2) is 18.0 Å². The molecule has 1 saturated carbocycles. The summed E-state index contributed by atoms with van der Waals surface area (Å²) in [6, 6.07) is 11.0. The molecule has 3 saturated heterocycles. The van der Waals surface area contributed by atoms with E-state index in [9.17, 15) is 33.6 Å². The highest BCUT2D eigenvalue weighted by Gasteiger charge is 2.49. The van der Waals surface area contributed by atoms with Gasteiger partial charge in [-0.15, -0.1) is 0 Å². The maximum Gasteiger partial charge on any atom is 0.321 e. The molecule has 6 aliphatic rings. The number of nitrogens with one attached hydrogen (secondary N) is 6. The lowest BCUT2D eigenvalue weighted by atomic mass is 9.72. The number of carbonyl (C=O) groups is 9. The molecule has 10 rings (SSSR count). The first-order valence-electron chi connectivity index (χ1n) is 32.2. The molecule has 10 bridgehead atoms. The van der Waals surface area contributed by atoms with Crippen LogP contribution in [-0.2, 0) is 73.3 Å². The van der Waals surface area contributed by atoms with E-state index in [1.165, 1.54) is 23.9 Å². The fourth-order valence-corrected chi connectivity index (χ4v) is 12.7. The van der Waals surface area contributed by atoms with E-state index in [0.717, 1.165) is 5.39 Å². The number of amides is 6. The fourth-order valence-electron chi connectivity index (χ4n) is 12.7. The van der Waals surface area contributed by atoms with Crippen LogP contribution in [0, 0.1) is 22.7 Å². The first-order chi connectivity index (χ1) is 43.7. The van der Waals surface area contributed by atoms with Crippen molar-refractivity contribution in [2.24, 2.45) is 22.7 Å². The zero-order valence-electron chi connectivity index (χ0n) is 54.1. The van der Waals surface area contributed by atoms with Gasteiger partial charge in [0, 0.05) is 37.2 Å². The van der Waals surface area contributed by atoms with Crippen LogP contribution < -0.4 is 32.1 Å². The molecule has 4 aromatic rings. The molecule has 4 fully saturated rings. The molecule has 492 valence electrons. The first-order valence-corrected chi connectivity index (χ1v) is 32.2. The quantitative estimate of drug-likeness (QED) is 0.101. The van der Waals surface area contributed by atoms with Crippen molar-refractivity contribution < 1.29 is 66.8 Å². The molecule has 5 aliphatic heterocycles. The number of hydrazine groups is 2. The number of hydrogen-bond donors (Lipinski definition) is 6. The van der Waals surface area contributed by atoms with Crippen molar-refractivity contribution in [1.29, 1.82) is 0 Å². The predicted molar refractivity (Wildman–Crippen MR) is 338 cm³/mol. The highest BCUT2D eigenvalue weighted by atomic mass is 16.7. The summed E-state index contributed by atoms with van der Waals surface area (Å²) in [7, 11) is 0. The maximum absolute atomic E-state index is 15.5. The standard InChI is InChI=1S/C68H86N10O14/c1-37(2)56-60(82)71-41(7)62(84)77-29-11-13-50(75-77)59(81)70-40(6)52-33-46(48-19-16-44(32-54(48)73-52)21-25-67(64(86)91-56)27-23-47(24-28-67)90-42(8)79)34-55-63(85)78-30-12-14-51(76-78)58(80)69-39(5)49-20-18-45-17-15-43(31-53(45)72-49)22-26-68(35-88-66(9,10)89-36-68)65(87)92-57(38(3)4)61(83)74-55/h15-22,25-26,31-33,37-41,47,50-51,55-57,75-76H,11-14,23-24,27-30,34-36H2,1-10H3,(H,69,80)(H,70,81)(H,71,82)(H,74,83)/b25-21+,26-22+/t39-,40-,41+,47?,50+,51+,55+,56+,57+,67?/m1/s1. The molecule has 92 heavy (non-hydrogen) atoms. The smallest absolute Gasteiger partial charge is 0.321 e. The van der Waals surface area contributed by atoms with Crippen LogP contribution in [0.5, 0.6) is 0 Å². The number of fused-ring (bicyclic) bond motifs is 8. The maximum atomic E-state index is 15.5. The second kappa shape index (κ2) is 27.6. The van der Waals surface area contributed by atoms with Gasteiger partial charge in [0.2, 0.25) is 11.8 Å². The van der Waals surface area contributed by atoms with Crippen molar-refractivity contribution in [3.05, 3.63) is 94.8 Å². The Bertz CT molecular complexity index is 3590. The van der Waals surface area contributed by atoms with Crippen LogP contribution >= 0.6 is 0 Å². The number of esters is 3. The number of hydrogen-bond acceptors (Lipinski definition) is 18. The molecule has 6 amide bonds. The molecule has 8 atom stereocenters. The summed E-state index contributed by atoms with van der Waals surface area (Å²) >= 11 is 0. The largest absolute Gasteiger partial charge is 0.463 e. The Labute approximate surface area is 535 Å². The van der Waals surface area contributed by atoms with E-state index in [1.807, 2.05) is 49.4 Å². The van der Waals surface area contributed by atoms with E-state index in [-0.39, 0.29) is 51.5 Å². The van der Waals surface area contributed by atoms with Gasteiger partial charge in [-0.3, -0.25) is 63.1 Å². The molecule has 24 heteroatoms. The van der Waals surface area contributed by atoms with Gasteiger partial charge in [-0.25, -0.2) is 10.9 Å². The number of ether oxygens (including phenoxy) is 5. The van der Waals surface area contributed by atoms with Crippen LogP contribution in [0.15, 0.2) is 66.7 Å². The summed E-state index contributed by atoms with van der Waals surface area (Å²) < 4.78 is 30.3. The Hall–Kier alpha value is -8.19. The summed E-state index contributed by atoms with van der Waals surface area (Å²) in [6.45, 7) is 16.9. The first kappa shape index (κ1) is 66.7. The van der Waals surface area contributed by atoms with Crippen molar-refractivity contribution in [2.45, 2.75) is 187 Å². The Morgan fingerprint density at radius 2 is 1.12 bits per heavy atom. The van der Waals surface area contributed by atoms with Gasteiger partial charge < -0.3 is 45.0 Å². The zero-order chi connectivity index (χ0) is 66.0. The zero-order valence-corrected chi connectivity index (χ0v) is 54.1. The minimum absolute atomic E-state index is 0.148. The lowest BCUT2D eigenvalue weighted by molar-refractivity contribution is -0.277. The van der Waals surface area contributed by atoms with Gasteiger partial charge in [0.1, 0.15) is 35.7 Å². The summed E-state index contributed by atoms with van der Waals surface area (Å²) in [5.41, 5.74) is 7.23. The van der Waals surface area contributed by atoms with Crippen molar-refractivity contribution in [1.82, 2.24) is 52.1 Å². The normalized spacial score (nSPS) is 28.5. The highest BCUT2D eigenvalue weighted by Crippen LogP contribution is 2.42. The highest BCUT2D eigenvalue weighted by molar-refractivity contribution is 5.95. The van der Waals surface area contributed by atoms with Crippen molar-refractivity contribution in [3.8, 4) is 0 Å². The Morgan fingerprint density at radius 3 is 1.72 bits per heavy atom. The minimum atomic E-state index is -1.53. The lowest BCUT2D eigenvalue weighted by Gasteiger charge is -2.41. The third-order valence-corrected chi connectivity index (χ3v) is 18.3. The predicted octanol–water partition coefficient (Wildman–Crippen LogP) is 5.81. The fraction of sp³-hybridized carbons (Fsp3) is 0.544. The second-order valence-corrected chi connectivity index (χ2v) is 26.7. The number of benzene rings is 2. The number of cyclic esters (lactones) is 2. The second-order valence-electron chi connectivity index (χ2n) is 26.7. The summed E-state index contributed by atoms with van der Waals surface area (Å²) in [6.07, 6.45) is 6.22. The van der Waals surface area contributed by atoms with E-state index in [2.05, 4.69) is 32.1 Å². The molecule has 6 N–H and O–H groups in total. The minimum Gasteiger partial charge on any atom is -0.463 e. The molecule has 7 heterocycles. The van der Waals surface area contributed by atoms with Crippen LogP contribution in [0.4, 0.5) is 0 Å². The van der Waals surface area contributed by atoms with Crippen LogP contribution in [0.2, 0.25) is 0 Å². The van der Waals surface area contributed by atoms with Gasteiger partial charge in [0.05, 0.1) is 53.1 Å². The van der Waals surface area contributed by atoms with Crippen LogP contribution in [0.1, 0.15) is 161 Å². The number of carbonyl (C=O) groups excluding carboxylic acids is 9. The van der Waals surface area contributed by atoms with Gasteiger partial charge in [-0.1, -0.05) is 82.3 Å². The number of aromatic nitrogens is 2. The molecule has 0 unspecified atom stereocenters. The molecule has 2 spiro atoms. The van der Waals surface area contributed by atoms with Gasteiger partial charge in [-0.2, -0.15) is 0 Å². The van der Waals surface area contributed by atoms with E-state index >= 15 is 9.59 Å². The van der Waals surface area contributed by atoms with Crippen molar-refractivity contribution in [2.75, 3.05) is 26.3 Å². The Kier molecular flexibility index (Phi) is 20.0. The molecule has 0 radical (unpaired) electrons. The Morgan fingerprint density at radius 1 is 0.609 bits per heavy atom. The summed E-state index contributed by atoms with van der Waals surface area (Å²) in [5, 5.41) is 16.0. The third-order valence-electron chi connectivity index (χ3n) is 18.3. The molecule has 2 aromatic heterocycles. The van der Waals surface area contributed by atoms with Gasteiger partial charge >= 0.3 is 17.9 Å². The third kappa shape index (κ3) is 15.0. The molecular formula is C68H86N10O14. The SMILES string of the molecule is CC(=O)OC1CCC2(/C=C/c3ccc4c(C[C@@H]5NC(=O)[C@H](C(C)C)OC(=O)C6(/C=C/c7ccc8ccc(nc8c7)[C@@H](C)NC(=O)[C@@H]7CCCN(N7)C5=O)COC(C)(C)OC6)cc(nc4c3)[C@@H](C)NC(=O)[C@@H]3CCCN(N3)C(=O)[C@H](C)NC(=O)[C@H](C(C)C)OC2=O)CC1. The average molecular weight is 1270 g/mol. The Balaban J connectivity index is 1.06. The van der Waals surface area contributed by atoms with Crippen molar-refractivity contribution >= 4 is 87.3 Å². The summed E-state index contributed by atoms with van der Waals surface area (Å²) in [4.78, 5) is 139. The van der Waals surface area contributed by atoms with Crippen molar-refractivity contribution in [3.63, 3.8) is 0 Å². The number of rotatable bonds is 5. The molecular weight excluding hydrogens is 1180 g/mol. The summed E-state index contributed by atoms with van der Waals surface area (Å²) in [5.74, 6) is -7.46. The molecule has 24 nitrogen and oxygen atoms in total. The number of pyridine rings is 2. The molecule has 2 aromatic carbocycles.